The Morgan fingerprint density at radius 3 is 2.55 bits per heavy atom. The van der Waals surface area contributed by atoms with Gasteiger partial charge < -0.3 is 14.6 Å². The van der Waals surface area contributed by atoms with E-state index in [2.05, 4.69) is 15.3 Å². The lowest BCUT2D eigenvalue weighted by Crippen LogP contribution is -2.25. The third-order valence-electron chi connectivity index (χ3n) is 4.73. The third kappa shape index (κ3) is 4.11. The molecule has 0 saturated carbocycles. The van der Waals surface area contributed by atoms with E-state index in [1.807, 2.05) is 36.0 Å². The molecule has 3 aromatic rings. The monoisotopic (exact) mass is 400 g/mol. The first-order chi connectivity index (χ1) is 13.9. The molecule has 2 heterocycles. The largest absolute Gasteiger partial charge is 0.491 e. The van der Waals surface area contributed by atoms with Gasteiger partial charge in [0, 0.05) is 19.4 Å². The Hall–Kier alpha value is -3.29. The van der Waals surface area contributed by atoms with Gasteiger partial charge in [0.05, 0.1) is 24.2 Å². The number of nitrogens with zero attached hydrogens (tertiary/aromatic N) is 3. The average molecular weight is 400 g/mol. The van der Waals surface area contributed by atoms with E-state index in [1.165, 1.54) is 12.1 Å². The number of imidazole rings is 1. The van der Waals surface area contributed by atoms with Crippen molar-refractivity contribution in [3.63, 3.8) is 0 Å². The normalized spacial score (nSPS) is 13.9. The van der Waals surface area contributed by atoms with Crippen molar-refractivity contribution >= 4 is 5.84 Å². The number of nitrogens with one attached hydrogen (secondary N) is 1. The number of aliphatic imine (C=N–C) groups is 1. The van der Waals surface area contributed by atoms with E-state index in [0.717, 1.165) is 29.1 Å². The van der Waals surface area contributed by atoms with Crippen LogP contribution in [0.15, 0.2) is 59.9 Å². The van der Waals surface area contributed by atoms with Crippen LogP contribution in [0.25, 0.3) is 11.1 Å². The summed E-state index contributed by atoms with van der Waals surface area (Å²) in [7, 11) is 1.92. The summed E-state index contributed by atoms with van der Waals surface area (Å²) in [6, 6.07) is 10.7. The highest BCUT2D eigenvalue weighted by atomic mass is 19.4. The first-order valence-electron chi connectivity index (χ1n) is 9.11. The van der Waals surface area contributed by atoms with Gasteiger partial charge in [0.15, 0.2) is 0 Å². The fourth-order valence-corrected chi connectivity index (χ4v) is 3.15. The molecule has 4 rings (SSSR count). The first kappa shape index (κ1) is 19.0. The molecule has 5 nitrogen and oxygen atoms in total. The van der Waals surface area contributed by atoms with E-state index in [0.29, 0.717) is 36.8 Å². The van der Waals surface area contributed by atoms with Gasteiger partial charge in [-0.15, -0.1) is 0 Å². The Bertz CT molecular complexity index is 1040. The summed E-state index contributed by atoms with van der Waals surface area (Å²) in [4.78, 5) is 8.86. The highest BCUT2D eigenvalue weighted by Gasteiger charge is 2.30. The van der Waals surface area contributed by atoms with Gasteiger partial charge in [-0.05, 0) is 35.4 Å². The maximum absolute atomic E-state index is 12.8. The van der Waals surface area contributed by atoms with Crippen LogP contribution in [0.2, 0.25) is 0 Å². The van der Waals surface area contributed by atoms with E-state index in [-0.39, 0.29) is 0 Å². The molecule has 1 aromatic heterocycles. The minimum Gasteiger partial charge on any atom is -0.491 e. The van der Waals surface area contributed by atoms with Crippen molar-refractivity contribution in [1.29, 1.82) is 0 Å². The maximum Gasteiger partial charge on any atom is 0.416 e. The van der Waals surface area contributed by atoms with Crippen LogP contribution in [0.1, 0.15) is 17.0 Å². The van der Waals surface area contributed by atoms with E-state index >= 15 is 0 Å². The number of hydrogen-bond donors (Lipinski definition) is 1. The first-order valence-corrected chi connectivity index (χ1v) is 9.11. The van der Waals surface area contributed by atoms with Gasteiger partial charge in [0.1, 0.15) is 24.0 Å². The zero-order valence-corrected chi connectivity index (χ0v) is 15.7. The van der Waals surface area contributed by atoms with Crippen LogP contribution in [0.3, 0.4) is 0 Å². The lowest BCUT2D eigenvalue weighted by Gasteiger charge is -2.14. The van der Waals surface area contributed by atoms with E-state index in [1.54, 1.807) is 6.20 Å². The minimum atomic E-state index is -4.35. The number of rotatable bonds is 3. The molecule has 0 unspecified atom stereocenters. The minimum absolute atomic E-state index is 0.459. The van der Waals surface area contributed by atoms with Crippen LogP contribution in [-0.2, 0) is 19.8 Å². The molecule has 1 N–H and O–H groups in total. The predicted molar refractivity (Wildman–Crippen MR) is 104 cm³/mol. The van der Waals surface area contributed by atoms with Gasteiger partial charge in [-0.25, -0.2) is 4.98 Å². The maximum atomic E-state index is 12.8. The lowest BCUT2D eigenvalue weighted by atomic mass is 10.0. The molecule has 1 aliphatic rings. The van der Waals surface area contributed by atoms with Crippen LogP contribution < -0.4 is 10.1 Å². The molecule has 0 atom stereocenters. The third-order valence-corrected chi connectivity index (χ3v) is 4.73. The van der Waals surface area contributed by atoms with Crippen molar-refractivity contribution in [2.24, 2.45) is 12.0 Å². The highest BCUT2D eigenvalue weighted by Crippen LogP contribution is 2.32. The number of ether oxygens (including phenoxy) is 1. The van der Waals surface area contributed by atoms with Crippen molar-refractivity contribution < 1.29 is 17.9 Å². The molecule has 8 heteroatoms. The van der Waals surface area contributed by atoms with Crippen LogP contribution in [0.4, 0.5) is 13.2 Å². The number of benzene rings is 2. The molecular weight excluding hydrogens is 381 g/mol. The van der Waals surface area contributed by atoms with E-state index < -0.39 is 11.7 Å². The van der Waals surface area contributed by atoms with E-state index in [9.17, 15) is 13.2 Å². The molecule has 0 saturated heterocycles. The number of aromatic nitrogens is 2. The van der Waals surface area contributed by atoms with Gasteiger partial charge in [-0.1, -0.05) is 18.2 Å². The second kappa shape index (κ2) is 7.62. The summed E-state index contributed by atoms with van der Waals surface area (Å²) in [5, 5.41) is 3.31. The molecule has 0 fully saturated rings. The van der Waals surface area contributed by atoms with E-state index in [4.69, 9.17) is 4.74 Å². The summed E-state index contributed by atoms with van der Waals surface area (Å²) >= 11 is 0. The summed E-state index contributed by atoms with van der Waals surface area (Å²) < 4.78 is 46.2. The van der Waals surface area contributed by atoms with Gasteiger partial charge >= 0.3 is 6.18 Å². The molecule has 0 bridgehead atoms. The molecule has 150 valence electrons. The van der Waals surface area contributed by atoms with Crippen molar-refractivity contribution in [2.75, 3.05) is 13.2 Å². The molecule has 0 radical (unpaired) electrons. The smallest absolute Gasteiger partial charge is 0.416 e. The lowest BCUT2D eigenvalue weighted by molar-refractivity contribution is -0.137. The van der Waals surface area contributed by atoms with Gasteiger partial charge in [0.2, 0.25) is 0 Å². The quantitative estimate of drug-likeness (QED) is 0.722. The summed E-state index contributed by atoms with van der Waals surface area (Å²) in [6.07, 6.45) is -0.758. The van der Waals surface area contributed by atoms with Crippen LogP contribution in [0, 0.1) is 0 Å². The predicted octanol–water partition coefficient (Wildman–Crippen LogP) is 4.03. The topological polar surface area (TPSA) is 51.4 Å². The van der Waals surface area contributed by atoms with Crippen LogP contribution in [-0.4, -0.2) is 28.5 Å². The fraction of sp³-hybridized carbons (Fsp3) is 0.238. The molecular formula is C21H19F3N4O. The standard InChI is InChI=1S/C21H19F3N4O/c1-28-10-8-25-19(28)13-27-20-17-12-15(4-7-18(17)29-11-9-26-20)14-2-5-16(6-3-14)21(22,23)24/h2-8,10,12H,9,11,13H2,1H3,(H,26,27). The Labute approximate surface area is 165 Å². The molecule has 2 aromatic carbocycles. The average Bonchev–Trinajstić information content (AvgIpc) is 3.00. The van der Waals surface area contributed by atoms with Crippen molar-refractivity contribution in [3.8, 4) is 16.9 Å². The number of alkyl halides is 3. The Morgan fingerprint density at radius 1 is 1.10 bits per heavy atom. The summed E-state index contributed by atoms with van der Waals surface area (Å²) in [5.74, 6) is 2.22. The van der Waals surface area contributed by atoms with Crippen LogP contribution >= 0.6 is 0 Å². The van der Waals surface area contributed by atoms with Crippen molar-refractivity contribution in [1.82, 2.24) is 14.9 Å². The SMILES string of the molecule is Cn1ccnc1CNC1=NCCOc2ccc(-c3ccc(C(F)(F)F)cc3)cc21. The van der Waals surface area contributed by atoms with Gasteiger partial charge in [-0.2, -0.15) is 13.2 Å². The second-order valence-electron chi connectivity index (χ2n) is 6.67. The van der Waals surface area contributed by atoms with Crippen LogP contribution in [0.5, 0.6) is 5.75 Å². The van der Waals surface area contributed by atoms with Crippen molar-refractivity contribution in [3.05, 3.63) is 71.8 Å². The highest BCUT2D eigenvalue weighted by molar-refractivity contribution is 6.02. The summed E-state index contributed by atoms with van der Waals surface area (Å²) in [6.45, 7) is 1.46. The zero-order valence-electron chi connectivity index (χ0n) is 15.7. The second-order valence-corrected chi connectivity index (χ2v) is 6.67. The molecule has 29 heavy (non-hydrogen) atoms. The number of fused-ring (bicyclic) bond motifs is 1. The summed E-state index contributed by atoms with van der Waals surface area (Å²) in [5.41, 5.74) is 1.58. The van der Waals surface area contributed by atoms with Gasteiger partial charge in [-0.3, -0.25) is 4.99 Å². The molecule has 0 spiro atoms. The Kier molecular flexibility index (Phi) is 5.00. The molecule has 1 aliphatic heterocycles. The fourth-order valence-electron chi connectivity index (χ4n) is 3.15. The number of halogens is 3. The number of amidine groups is 1. The number of hydrogen-bond acceptors (Lipinski definition) is 4. The Morgan fingerprint density at radius 2 is 1.86 bits per heavy atom. The Balaban J connectivity index is 1.63. The van der Waals surface area contributed by atoms with Gasteiger partial charge in [0.25, 0.3) is 0 Å². The number of aryl methyl sites for hydroxylation is 1. The molecule has 0 aliphatic carbocycles. The zero-order chi connectivity index (χ0) is 20.4. The van der Waals surface area contributed by atoms with Crippen molar-refractivity contribution in [2.45, 2.75) is 12.7 Å². The molecule has 0 amide bonds.